The third-order valence-electron chi connectivity index (χ3n) is 5.35. The maximum Gasteiger partial charge on any atom is 0.267 e. The number of aryl methyl sites for hydroxylation is 1. The SMILES string of the molecule is Cc1ccc(N2CCC(O[Si](C)(C)C(C)(C)C)CC2)nc1C(N)=O. The Hall–Kier alpha value is -1.40. The van der Waals surface area contributed by atoms with Crippen molar-refractivity contribution in [1.29, 1.82) is 0 Å². The summed E-state index contributed by atoms with van der Waals surface area (Å²) in [6.45, 7) is 15.1. The normalized spacial score (nSPS) is 17.2. The van der Waals surface area contributed by atoms with Gasteiger partial charge in [0.15, 0.2) is 8.32 Å². The van der Waals surface area contributed by atoms with Gasteiger partial charge in [-0.1, -0.05) is 26.8 Å². The van der Waals surface area contributed by atoms with Crippen molar-refractivity contribution in [2.75, 3.05) is 18.0 Å². The molecule has 1 fully saturated rings. The van der Waals surface area contributed by atoms with Crippen LogP contribution in [0.25, 0.3) is 0 Å². The molecule has 5 nitrogen and oxygen atoms in total. The fourth-order valence-electron chi connectivity index (χ4n) is 2.74. The molecule has 0 aromatic carbocycles. The van der Waals surface area contributed by atoms with Gasteiger partial charge in [0.25, 0.3) is 5.91 Å². The van der Waals surface area contributed by atoms with Gasteiger partial charge < -0.3 is 15.1 Å². The standard InChI is InChI=1S/C18H31N3O2Si/c1-13-7-8-15(20-16(13)17(19)22)21-11-9-14(10-12-21)23-24(5,6)18(2,3)4/h7-8,14H,9-12H2,1-6H3,(H2,19,22). The molecule has 0 aliphatic carbocycles. The molecule has 134 valence electrons. The maximum atomic E-state index is 11.5. The molecular formula is C18H31N3O2Si. The monoisotopic (exact) mass is 349 g/mol. The van der Waals surface area contributed by atoms with Gasteiger partial charge in [0, 0.05) is 19.2 Å². The van der Waals surface area contributed by atoms with Crippen LogP contribution in [0.2, 0.25) is 18.1 Å². The number of carbonyl (C=O) groups excluding carboxylic acids is 1. The molecule has 24 heavy (non-hydrogen) atoms. The minimum Gasteiger partial charge on any atom is -0.414 e. The van der Waals surface area contributed by atoms with E-state index < -0.39 is 14.2 Å². The lowest BCUT2D eigenvalue weighted by atomic mass is 10.1. The minimum atomic E-state index is -1.72. The second-order valence-corrected chi connectivity index (χ2v) is 13.0. The smallest absolute Gasteiger partial charge is 0.267 e. The molecule has 2 rings (SSSR count). The van der Waals surface area contributed by atoms with Crippen molar-refractivity contribution in [1.82, 2.24) is 4.98 Å². The molecular weight excluding hydrogens is 318 g/mol. The van der Waals surface area contributed by atoms with E-state index in [9.17, 15) is 4.79 Å². The number of aromatic nitrogens is 1. The highest BCUT2D eigenvalue weighted by Gasteiger charge is 2.39. The van der Waals surface area contributed by atoms with Crippen LogP contribution >= 0.6 is 0 Å². The Labute approximate surface area is 146 Å². The summed E-state index contributed by atoms with van der Waals surface area (Å²) in [4.78, 5) is 18.2. The molecule has 0 spiro atoms. The highest BCUT2D eigenvalue weighted by molar-refractivity contribution is 6.74. The van der Waals surface area contributed by atoms with E-state index in [4.69, 9.17) is 10.2 Å². The average Bonchev–Trinajstić information content (AvgIpc) is 2.47. The van der Waals surface area contributed by atoms with E-state index in [0.29, 0.717) is 11.8 Å². The van der Waals surface area contributed by atoms with E-state index in [0.717, 1.165) is 37.3 Å². The lowest BCUT2D eigenvalue weighted by Crippen LogP contribution is -2.47. The van der Waals surface area contributed by atoms with Gasteiger partial charge in [0.2, 0.25) is 0 Å². The molecule has 0 atom stereocenters. The number of rotatable bonds is 4. The lowest BCUT2D eigenvalue weighted by molar-refractivity contribution is 0.0995. The summed E-state index contributed by atoms with van der Waals surface area (Å²) < 4.78 is 6.53. The molecule has 1 aromatic heterocycles. The average molecular weight is 350 g/mol. The number of hydrogen-bond donors (Lipinski definition) is 1. The molecule has 2 N–H and O–H groups in total. The summed E-state index contributed by atoms with van der Waals surface area (Å²) in [5.74, 6) is 0.366. The molecule has 1 aromatic rings. The van der Waals surface area contributed by atoms with E-state index in [-0.39, 0.29) is 5.04 Å². The van der Waals surface area contributed by atoms with Gasteiger partial charge in [-0.25, -0.2) is 4.98 Å². The summed E-state index contributed by atoms with van der Waals surface area (Å²) in [7, 11) is -1.72. The Bertz CT molecular complexity index is 603. The highest BCUT2D eigenvalue weighted by atomic mass is 28.4. The fourth-order valence-corrected chi connectivity index (χ4v) is 4.16. The van der Waals surface area contributed by atoms with Gasteiger partial charge in [-0.2, -0.15) is 0 Å². The van der Waals surface area contributed by atoms with Crippen molar-refractivity contribution >= 4 is 20.0 Å². The molecule has 6 heteroatoms. The molecule has 0 radical (unpaired) electrons. The van der Waals surface area contributed by atoms with E-state index in [1.54, 1.807) is 0 Å². The zero-order valence-electron chi connectivity index (χ0n) is 15.8. The third kappa shape index (κ3) is 4.16. The Morgan fingerprint density at radius 2 is 1.88 bits per heavy atom. The van der Waals surface area contributed by atoms with Gasteiger partial charge >= 0.3 is 0 Å². The van der Waals surface area contributed by atoms with Crippen LogP contribution in [0.5, 0.6) is 0 Å². The first-order valence-electron chi connectivity index (χ1n) is 8.71. The number of nitrogens with zero attached hydrogens (tertiary/aromatic N) is 2. The van der Waals surface area contributed by atoms with E-state index >= 15 is 0 Å². The van der Waals surface area contributed by atoms with E-state index in [1.807, 2.05) is 19.1 Å². The van der Waals surface area contributed by atoms with Gasteiger partial charge in [0.1, 0.15) is 11.5 Å². The maximum absolute atomic E-state index is 11.5. The lowest BCUT2D eigenvalue weighted by Gasteiger charge is -2.42. The first kappa shape index (κ1) is 18.9. The molecule has 1 aliphatic heterocycles. The van der Waals surface area contributed by atoms with Crippen LogP contribution < -0.4 is 10.6 Å². The number of pyridine rings is 1. The van der Waals surface area contributed by atoms with Crippen molar-refractivity contribution in [3.05, 3.63) is 23.4 Å². The summed E-state index contributed by atoms with van der Waals surface area (Å²) in [6, 6.07) is 3.89. The second kappa shape index (κ2) is 6.84. The topological polar surface area (TPSA) is 68.4 Å². The Morgan fingerprint density at radius 3 is 2.38 bits per heavy atom. The van der Waals surface area contributed by atoms with Gasteiger partial charge in [0.05, 0.1) is 0 Å². The van der Waals surface area contributed by atoms with Crippen LogP contribution in [0.3, 0.4) is 0 Å². The molecule has 0 unspecified atom stereocenters. The fraction of sp³-hybridized carbons (Fsp3) is 0.667. The molecule has 1 aliphatic rings. The van der Waals surface area contributed by atoms with E-state index in [2.05, 4.69) is 43.7 Å². The first-order chi connectivity index (χ1) is 11.0. The predicted octanol–water partition coefficient (Wildman–Crippen LogP) is 3.48. The molecule has 1 saturated heterocycles. The van der Waals surface area contributed by atoms with Crippen LogP contribution in [0.15, 0.2) is 12.1 Å². The number of nitrogens with two attached hydrogens (primary N) is 1. The largest absolute Gasteiger partial charge is 0.414 e. The zero-order valence-corrected chi connectivity index (χ0v) is 16.8. The first-order valence-corrected chi connectivity index (χ1v) is 11.6. The molecule has 0 bridgehead atoms. The minimum absolute atomic E-state index is 0.235. The molecule has 2 heterocycles. The van der Waals surface area contributed by atoms with Crippen molar-refractivity contribution in [3.63, 3.8) is 0 Å². The number of anilines is 1. The second-order valence-electron chi connectivity index (χ2n) is 8.26. The van der Waals surface area contributed by atoms with Crippen LogP contribution in [-0.4, -0.2) is 38.4 Å². The number of primary amides is 1. The molecule has 1 amide bonds. The Kier molecular flexibility index (Phi) is 5.40. The highest BCUT2D eigenvalue weighted by Crippen LogP contribution is 2.38. The summed E-state index contributed by atoms with van der Waals surface area (Å²) >= 11 is 0. The Morgan fingerprint density at radius 1 is 1.29 bits per heavy atom. The van der Waals surface area contributed by atoms with Crippen LogP contribution in [0, 0.1) is 6.92 Å². The predicted molar refractivity (Wildman–Crippen MR) is 101 cm³/mol. The van der Waals surface area contributed by atoms with E-state index in [1.165, 1.54) is 0 Å². The van der Waals surface area contributed by atoms with Gasteiger partial charge in [-0.15, -0.1) is 0 Å². The van der Waals surface area contributed by atoms with Crippen molar-refractivity contribution in [2.24, 2.45) is 5.73 Å². The summed E-state index contributed by atoms with van der Waals surface area (Å²) in [6.07, 6.45) is 2.31. The zero-order chi connectivity index (χ0) is 18.1. The van der Waals surface area contributed by atoms with Crippen LogP contribution in [0.1, 0.15) is 49.7 Å². The summed E-state index contributed by atoms with van der Waals surface area (Å²) in [5, 5.41) is 0.235. The number of piperidine rings is 1. The third-order valence-corrected chi connectivity index (χ3v) is 9.88. The Balaban J connectivity index is 2.01. The number of amides is 1. The summed E-state index contributed by atoms with van der Waals surface area (Å²) in [5.41, 5.74) is 6.60. The van der Waals surface area contributed by atoms with Crippen LogP contribution in [-0.2, 0) is 4.43 Å². The number of hydrogen-bond acceptors (Lipinski definition) is 4. The van der Waals surface area contributed by atoms with Gasteiger partial charge in [-0.3, -0.25) is 4.79 Å². The number of carbonyl (C=O) groups is 1. The quantitative estimate of drug-likeness (QED) is 0.845. The van der Waals surface area contributed by atoms with Crippen LogP contribution in [0.4, 0.5) is 5.82 Å². The van der Waals surface area contributed by atoms with Crippen molar-refractivity contribution in [3.8, 4) is 0 Å². The van der Waals surface area contributed by atoms with Crippen molar-refractivity contribution in [2.45, 2.75) is 64.8 Å². The molecule has 0 saturated carbocycles. The van der Waals surface area contributed by atoms with Gasteiger partial charge in [-0.05, 0) is 49.5 Å². The van der Waals surface area contributed by atoms with Crippen molar-refractivity contribution < 1.29 is 9.22 Å².